The van der Waals surface area contributed by atoms with Gasteiger partial charge < -0.3 is 14.9 Å². The van der Waals surface area contributed by atoms with E-state index in [4.69, 9.17) is 14.9 Å². The fraction of sp³-hybridized carbons (Fsp3) is 0.667. The van der Waals surface area contributed by atoms with Crippen molar-refractivity contribution < 1.29 is 9.15 Å². The molecule has 0 saturated carbocycles. The third kappa shape index (κ3) is 1.59. The first-order chi connectivity index (χ1) is 6.31. The molecule has 0 radical (unpaired) electrons. The third-order valence-electron chi connectivity index (χ3n) is 2.38. The monoisotopic (exact) mass is 182 g/mol. The van der Waals surface area contributed by atoms with Gasteiger partial charge in [0.15, 0.2) is 5.89 Å². The number of nitrogens with zero attached hydrogens (tertiary/aromatic N) is 1. The first kappa shape index (κ1) is 8.72. The van der Waals surface area contributed by atoms with E-state index >= 15 is 0 Å². The van der Waals surface area contributed by atoms with Crippen LogP contribution in [0.15, 0.2) is 4.42 Å². The fourth-order valence-corrected chi connectivity index (χ4v) is 1.54. The minimum atomic E-state index is 0.332. The minimum Gasteiger partial charge on any atom is -0.445 e. The van der Waals surface area contributed by atoms with Crippen molar-refractivity contribution in [1.82, 2.24) is 4.98 Å². The summed E-state index contributed by atoms with van der Waals surface area (Å²) in [5.41, 5.74) is 6.37. The molecule has 1 aromatic heterocycles. The average molecular weight is 182 g/mol. The number of aryl methyl sites for hydroxylation is 1. The molecule has 0 aliphatic carbocycles. The molecule has 1 unspecified atom stereocenters. The molecule has 0 bridgehead atoms. The van der Waals surface area contributed by atoms with Crippen molar-refractivity contribution in [2.24, 2.45) is 5.73 Å². The Morgan fingerprint density at radius 1 is 1.62 bits per heavy atom. The first-order valence-corrected chi connectivity index (χ1v) is 4.55. The molecule has 1 aromatic rings. The van der Waals surface area contributed by atoms with Crippen molar-refractivity contribution in [3.63, 3.8) is 0 Å². The quantitative estimate of drug-likeness (QED) is 0.739. The highest BCUT2D eigenvalue weighted by Crippen LogP contribution is 2.25. The molecule has 1 atom stereocenters. The molecule has 2 heterocycles. The van der Waals surface area contributed by atoms with Crippen LogP contribution in [-0.2, 0) is 11.3 Å². The van der Waals surface area contributed by atoms with Crippen LogP contribution in [0.1, 0.15) is 29.7 Å². The number of rotatable bonds is 2. The Balaban J connectivity index is 2.20. The van der Waals surface area contributed by atoms with Gasteiger partial charge in [0.25, 0.3) is 0 Å². The van der Waals surface area contributed by atoms with Gasteiger partial charge in [-0.05, 0) is 13.3 Å². The van der Waals surface area contributed by atoms with Crippen molar-refractivity contribution in [2.45, 2.75) is 25.8 Å². The standard InChI is InChI=1S/C9H14N2O2/c1-6-8(4-10)11-9(13-6)7-2-3-12-5-7/h7H,2-5,10H2,1H3. The number of nitrogens with two attached hydrogens (primary N) is 1. The van der Waals surface area contributed by atoms with Crippen molar-refractivity contribution in [3.8, 4) is 0 Å². The van der Waals surface area contributed by atoms with Crippen LogP contribution in [0.3, 0.4) is 0 Å². The van der Waals surface area contributed by atoms with Crippen molar-refractivity contribution in [3.05, 3.63) is 17.3 Å². The molecule has 0 spiro atoms. The Kier molecular flexibility index (Phi) is 2.33. The van der Waals surface area contributed by atoms with Crippen LogP contribution >= 0.6 is 0 Å². The highest BCUT2D eigenvalue weighted by Gasteiger charge is 2.23. The van der Waals surface area contributed by atoms with E-state index in [1.54, 1.807) is 0 Å². The summed E-state index contributed by atoms with van der Waals surface area (Å²) >= 11 is 0. The maximum atomic E-state index is 5.52. The summed E-state index contributed by atoms with van der Waals surface area (Å²) in [6.45, 7) is 3.88. The van der Waals surface area contributed by atoms with E-state index in [2.05, 4.69) is 4.98 Å². The highest BCUT2D eigenvalue weighted by molar-refractivity contribution is 5.10. The van der Waals surface area contributed by atoms with Gasteiger partial charge in [0.2, 0.25) is 0 Å². The largest absolute Gasteiger partial charge is 0.445 e. The summed E-state index contributed by atoms with van der Waals surface area (Å²) in [7, 11) is 0. The lowest BCUT2D eigenvalue weighted by atomic mass is 10.1. The molecular formula is C9H14N2O2. The summed E-state index contributed by atoms with van der Waals surface area (Å²) in [6, 6.07) is 0. The van der Waals surface area contributed by atoms with Crippen molar-refractivity contribution >= 4 is 0 Å². The Labute approximate surface area is 77.1 Å². The topological polar surface area (TPSA) is 61.3 Å². The zero-order chi connectivity index (χ0) is 9.26. The predicted octanol–water partition coefficient (Wildman–Crippen LogP) is 0.946. The van der Waals surface area contributed by atoms with Gasteiger partial charge in [0.05, 0.1) is 18.2 Å². The molecule has 13 heavy (non-hydrogen) atoms. The third-order valence-corrected chi connectivity index (χ3v) is 2.38. The van der Waals surface area contributed by atoms with E-state index in [0.717, 1.165) is 37.0 Å². The van der Waals surface area contributed by atoms with Crippen molar-refractivity contribution in [2.75, 3.05) is 13.2 Å². The van der Waals surface area contributed by atoms with Crippen LogP contribution in [0.25, 0.3) is 0 Å². The van der Waals surface area contributed by atoms with Crippen LogP contribution in [-0.4, -0.2) is 18.2 Å². The van der Waals surface area contributed by atoms with Gasteiger partial charge in [-0.15, -0.1) is 0 Å². The van der Waals surface area contributed by atoms with E-state index in [1.165, 1.54) is 0 Å². The number of ether oxygens (including phenoxy) is 1. The molecule has 1 aliphatic rings. The maximum Gasteiger partial charge on any atom is 0.200 e. The molecule has 72 valence electrons. The van der Waals surface area contributed by atoms with E-state index in [0.29, 0.717) is 12.5 Å². The van der Waals surface area contributed by atoms with Crippen LogP contribution in [0, 0.1) is 6.92 Å². The Morgan fingerprint density at radius 2 is 2.46 bits per heavy atom. The lowest BCUT2D eigenvalue weighted by molar-refractivity contribution is 0.190. The molecule has 1 fully saturated rings. The Morgan fingerprint density at radius 3 is 3.00 bits per heavy atom. The van der Waals surface area contributed by atoms with Crippen LogP contribution < -0.4 is 5.73 Å². The Hall–Kier alpha value is -0.870. The average Bonchev–Trinajstić information content (AvgIpc) is 2.71. The molecule has 0 amide bonds. The smallest absolute Gasteiger partial charge is 0.200 e. The SMILES string of the molecule is Cc1oc(C2CCOC2)nc1CN. The summed E-state index contributed by atoms with van der Waals surface area (Å²) in [4.78, 5) is 4.34. The fourth-order valence-electron chi connectivity index (χ4n) is 1.54. The maximum absolute atomic E-state index is 5.52. The van der Waals surface area contributed by atoms with Gasteiger partial charge in [-0.3, -0.25) is 0 Å². The number of aromatic nitrogens is 1. The first-order valence-electron chi connectivity index (χ1n) is 4.55. The predicted molar refractivity (Wildman–Crippen MR) is 47.3 cm³/mol. The summed E-state index contributed by atoms with van der Waals surface area (Å²) in [5.74, 6) is 1.96. The molecule has 0 aromatic carbocycles. The van der Waals surface area contributed by atoms with E-state index in [9.17, 15) is 0 Å². The van der Waals surface area contributed by atoms with Crippen LogP contribution in [0.5, 0.6) is 0 Å². The molecule has 4 heteroatoms. The minimum absolute atomic E-state index is 0.332. The van der Waals surface area contributed by atoms with Gasteiger partial charge in [-0.25, -0.2) is 4.98 Å². The summed E-state index contributed by atoms with van der Waals surface area (Å²) in [6.07, 6.45) is 1.00. The van der Waals surface area contributed by atoms with Gasteiger partial charge in [-0.1, -0.05) is 0 Å². The normalized spacial score (nSPS) is 22.5. The highest BCUT2D eigenvalue weighted by atomic mass is 16.5. The van der Waals surface area contributed by atoms with Crippen LogP contribution in [0.4, 0.5) is 0 Å². The lowest BCUT2D eigenvalue weighted by Crippen LogP contribution is -2.01. The second-order valence-corrected chi connectivity index (χ2v) is 3.32. The van der Waals surface area contributed by atoms with E-state index < -0.39 is 0 Å². The molecule has 4 nitrogen and oxygen atoms in total. The number of hydrogen-bond acceptors (Lipinski definition) is 4. The number of hydrogen-bond donors (Lipinski definition) is 1. The van der Waals surface area contributed by atoms with Gasteiger partial charge >= 0.3 is 0 Å². The van der Waals surface area contributed by atoms with Gasteiger partial charge in [-0.2, -0.15) is 0 Å². The second-order valence-electron chi connectivity index (χ2n) is 3.32. The molecule has 2 N–H and O–H groups in total. The van der Waals surface area contributed by atoms with Crippen LogP contribution in [0.2, 0.25) is 0 Å². The molecule has 2 rings (SSSR count). The zero-order valence-electron chi connectivity index (χ0n) is 7.75. The summed E-state index contributed by atoms with van der Waals surface area (Å²) < 4.78 is 10.8. The zero-order valence-corrected chi connectivity index (χ0v) is 7.75. The number of oxazole rings is 1. The molecule has 1 aliphatic heterocycles. The lowest BCUT2D eigenvalue weighted by Gasteiger charge is -1.99. The molecule has 1 saturated heterocycles. The van der Waals surface area contributed by atoms with E-state index in [-0.39, 0.29) is 0 Å². The van der Waals surface area contributed by atoms with Crippen molar-refractivity contribution in [1.29, 1.82) is 0 Å². The van der Waals surface area contributed by atoms with Gasteiger partial charge in [0, 0.05) is 13.2 Å². The van der Waals surface area contributed by atoms with E-state index in [1.807, 2.05) is 6.92 Å². The second kappa shape index (κ2) is 3.47. The Bertz CT molecular complexity index is 290. The molecular weight excluding hydrogens is 168 g/mol. The van der Waals surface area contributed by atoms with Gasteiger partial charge in [0.1, 0.15) is 5.76 Å². The summed E-state index contributed by atoms with van der Waals surface area (Å²) in [5, 5.41) is 0.